The number of esters is 1. The highest BCUT2D eigenvalue weighted by Crippen LogP contribution is 2.29. The Morgan fingerprint density at radius 2 is 1.69 bits per heavy atom. The van der Waals surface area contributed by atoms with Crippen molar-refractivity contribution in [3.05, 3.63) is 87.9 Å². The number of benzene rings is 3. The molecule has 2 atom stereocenters. The maximum absolute atomic E-state index is 13.1. The van der Waals surface area contributed by atoms with Crippen molar-refractivity contribution < 1.29 is 33.3 Å². The van der Waals surface area contributed by atoms with Gasteiger partial charge in [-0.3, -0.25) is 9.59 Å². The third kappa shape index (κ3) is 9.97. The minimum atomic E-state index is -0.963. The molecule has 10 nitrogen and oxygen atoms in total. The third-order valence-corrected chi connectivity index (χ3v) is 6.24. The lowest BCUT2D eigenvalue weighted by Crippen LogP contribution is -2.50. The number of methoxy groups -OCH3 is 1. The minimum absolute atomic E-state index is 0.211. The van der Waals surface area contributed by atoms with Crippen molar-refractivity contribution >= 4 is 47.2 Å². The van der Waals surface area contributed by atoms with Gasteiger partial charge in [-0.05, 0) is 61.4 Å². The van der Waals surface area contributed by atoms with E-state index < -0.39 is 29.9 Å². The Morgan fingerprint density at radius 1 is 0.952 bits per heavy atom. The van der Waals surface area contributed by atoms with Gasteiger partial charge in [-0.1, -0.05) is 53.5 Å². The number of amides is 2. The zero-order valence-corrected chi connectivity index (χ0v) is 24.8. The van der Waals surface area contributed by atoms with E-state index in [1.807, 2.05) is 30.3 Å². The molecule has 222 valence electrons. The van der Waals surface area contributed by atoms with E-state index in [0.717, 1.165) is 5.56 Å². The van der Waals surface area contributed by atoms with Crippen LogP contribution in [0.15, 0.2) is 71.8 Å². The molecular weight excluding hydrogens is 585 g/mol. The predicted octanol–water partition coefficient (Wildman–Crippen LogP) is 4.59. The molecule has 0 radical (unpaired) electrons. The van der Waals surface area contributed by atoms with Crippen LogP contribution in [-0.2, 0) is 25.5 Å². The number of carbonyl (C=O) groups excluding carboxylic acids is 3. The predicted molar refractivity (Wildman–Crippen MR) is 159 cm³/mol. The molecular formula is C30H31Cl2N3O7. The van der Waals surface area contributed by atoms with Crippen molar-refractivity contribution in [2.45, 2.75) is 32.4 Å². The first-order valence-electron chi connectivity index (χ1n) is 13.0. The molecule has 0 saturated heterocycles. The number of hydrazone groups is 1. The summed E-state index contributed by atoms with van der Waals surface area (Å²) in [6.07, 6.45) is 0.656. The Morgan fingerprint density at radius 3 is 2.38 bits per heavy atom. The van der Waals surface area contributed by atoms with Crippen LogP contribution in [0.1, 0.15) is 25.0 Å². The summed E-state index contributed by atoms with van der Waals surface area (Å²) in [7, 11) is 1.46. The van der Waals surface area contributed by atoms with Crippen LogP contribution in [-0.4, -0.2) is 56.5 Å². The Hall–Kier alpha value is -4.28. The third-order valence-electron chi connectivity index (χ3n) is 5.71. The molecule has 3 aromatic carbocycles. The summed E-state index contributed by atoms with van der Waals surface area (Å²) in [5, 5.41) is 7.46. The molecule has 0 aliphatic carbocycles. The van der Waals surface area contributed by atoms with E-state index in [9.17, 15) is 14.4 Å². The lowest BCUT2D eigenvalue weighted by Gasteiger charge is -2.21. The fourth-order valence-electron chi connectivity index (χ4n) is 3.63. The van der Waals surface area contributed by atoms with Gasteiger partial charge < -0.3 is 24.3 Å². The number of hydrogen-bond acceptors (Lipinski definition) is 8. The smallest absolute Gasteiger partial charge is 0.344 e. The molecule has 0 aromatic heterocycles. The first-order chi connectivity index (χ1) is 20.2. The highest BCUT2D eigenvalue weighted by Gasteiger charge is 2.25. The maximum atomic E-state index is 13.1. The Kier molecular flexibility index (Phi) is 12.5. The Labute approximate surface area is 253 Å². The highest BCUT2D eigenvalue weighted by atomic mass is 35.5. The van der Waals surface area contributed by atoms with E-state index in [0.29, 0.717) is 22.1 Å². The van der Waals surface area contributed by atoms with E-state index in [1.165, 1.54) is 19.4 Å². The summed E-state index contributed by atoms with van der Waals surface area (Å²) in [6, 6.07) is 17.8. The number of nitrogens with one attached hydrogen (secondary N) is 2. The van der Waals surface area contributed by atoms with Crippen LogP contribution < -0.4 is 25.0 Å². The second-order valence-electron chi connectivity index (χ2n) is 8.82. The van der Waals surface area contributed by atoms with Gasteiger partial charge in [0.1, 0.15) is 11.8 Å². The quantitative estimate of drug-likeness (QED) is 0.154. The SMILES string of the molecule is CCOC(=O)COc1ccc(/C=N\NC(=O)[C@H](Cc2ccccc2)NC(=O)[C@@H](C)Oc2ccc(Cl)cc2Cl)cc1OC. The van der Waals surface area contributed by atoms with Gasteiger partial charge in [0, 0.05) is 11.4 Å². The van der Waals surface area contributed by atoms with Gasteiger partial charge >= 0.3 is 5.97 Å². The van der Waals surface area contributed by atoms with E-state index in [-0.39, 0.29) is 30.4 Å². The molecule has 3 aromatic rings. The normalized spacial score (nSPS) is 12.2. The van der Waals surface area contributed by atoms with E-state index in [2.05, 4.69) is 15.8 Å². The number of halogens is 2. The van der Waals surface area contributed by atoms with Crippen molar-refractivity contribution in [2.24, 2.45) is 5.10 Å². The average molecular weight is 616 g/mol. The fourth-order valence-corrected chi connectivity index (χ4v) is 4.09. The minimum Gasteiger partial charge on any atom is -0.493 e. The van der Waals surface area contributed by atoms with Crippen LogP contribution in [0, 0.1) is 0 Å². The zero-order chi connectivity index (χ0) is 30.5. The molecule has 12 heteroatoms. The van der Waals surface area contributed by atoms with Crippen molar-refractivity contribution in [3.8, 4) is 17.2 Å². The Balaban J connectivity index is 1.67. The first-order valence-corrected chi connectivity index (χ1v) is 13.7. The van der Waals surface area contributed by atoms with Gasteiger partial charge in [-0.25, -0.2) is 10.2 Å². The molecule has 0 heterocycles. The van der Waals surface area contributed by atoms with Crippen LogP contribution in [0.3, 0.4) is 0 Å². The number of nitrogens with zero attached hydrogens (tertiary/aromatic N) is 1. The van der Waals surface area contributed by atoms with E-state index >= 15 is 0 Å². The van der Waals surface area contributed by atoms with Gasteiger partial charge in [0.15, 0.2) is 24.2 Å². The molecule has 42 heavy (non-hydrogen) atoms. The summed E-state index contributed by atoms with van der Waals surface area (Å²) in [5.74, 6) is -0.581. The summed E-state index contributed by atoms with van der Waals surface area (Å²) >= 11 is 12.1. The van der Waals surface area contributed by atoms with Crippen molar-refractivity contribution in [2.75, 3.05) is 20.3 Å². The van der Waals surface area contributed by atoms with Crippen LogP contribution in [0.25, 0.3) is 0 Å². The van der Waals surface area contributed by atoms with Gasteiger partial charge in [0.25, 0.3) is 11.8 Å². The van der Waals surface area contributed by atoms with Crippen LogP contribution in [0.2, 0.25) is 10.0 Å². The molecule has 0 saturated carbocycles. The Bertz CT molecular complexity index is 1400. The van der Waals surface area contributed by atoms with Crippen LogP contribution in [0.4, 0.5) is 0 Å². The lowest BCUT2D eigenvalue weighted by atomic mass is 10.1. The molecule has 2 amide bonds. The monoisotopic (exact) mass is 615 g/mol. The molecule has 2 N–H and O–H groups in total. The van der Waals surface area contributed by atoms with E-state index in [1.54, 1.807) is 44.2 Å². The molecule has 0 aliphatic rings. The average Bonchev–Trinajstić information content (AvgIpc) is 2.98. The van der Waals surface area contributed by atoms with Crippen LogP contribution >= 0.6 is 23.2 Å². The lowest BCUT2D eigenvalue weighted by molar-refractivity contribution is -0.145. The summed E-state index contributed by atoms with van der Waals surface area (Å²) in [5.41, 5.74) is 3.89. The van der Waals surface area contributed by atoms with Gasteiger partial charge in [-0.2, -0.15) is 5.10 Å². The van der Waals surface area contributed by atoms with Gasteiger partial charge in [-0.15, -0.1) is 0 Å². The second-order valence-corrected chi connectivity index (χ2v) is 9.67. The molecule has 0 spiro atoms. The zero-order valence-electron chi connectivity index (χ0n) is 23.3. The molecule has 0 bridgehead atoms. The molecule has 0 unspecified atom stereocenters. The first kappa shape index (κ1) is 32.2. The summed E-state index contributed by atoms with van der Waals surface area (Å²) < 4.78 is 21.3. The highest BCUT2D eigenvalue weighted by molar-refractivity contribution is 6.35. The van der Waals surface area contributed by atoms with E-state index in [4.69, 9.17) is 42.1 Å². The number of rotatable bonds is 14. The topological polar surface area (TPSA) is 125 Å². The second kappa shape index (κ2) is 16.2. The maximum Gasteiger partial charge on any atom is 0.344 e. The molecule has 3 rings (SSSR count). The van der Waals surface area contributed by atoms with Crippen molar-refractivity contribution in [1.29, 1.82) is 0 Å². The number of hydrogen-bond donors (Lipinski definition) is 2. The van der Waals surface area contributed by atoms with Crippen molar-refractivity contribution in [3.63, 3.8) is 0 Å². The largest absolute Gasteiger partial charge is 0.493 e. The number of ether oxygens (including phenoxy) is 4. The van der Waals surface area contributed by atoms with Gasteiger partial charge in [0.2, 0.25) is 0 Å². The van der Waals surface area contributed by atoms with Crippen molar-refractivity contribution in [1.82, 2.24) is 10.7 Å². The summed E-state index contributed by atoms with van der Waals surface area (Å²) in [6.45, 7) is 3.24. The standard InChI is InChI=1S/C30H31Cl2N3O7/c1-4-40-28(36)18-41-26-12-10-21(15-27(26)39-3)17-33-35-30(38)24(14-20-8-6-5-7-9-20)34-29(37)19(2)42-25-13-11-22(31)16-23(25)32/h5-13,15-17,19,24H,4,14,18H2,1-3H3,(H,34,37)(H,35,38)/b33-17-/t19-,24+/m1/s1. The number of carbonyl (C=O) groups is 3. The fraction of sp³-hybridized carbons (Fsp3) is 0.267. The summed E-state index contributed by atoms with van der Waals surface area (Å²) in [4.78, 5) is 37.7. The molecule has 0 fully saturated rings. The van der Waals surface area contributed by atoms with Gasteiger partial charge in [0.05, 0.1) is 25.0 Å². The molecule has 0 aliphatic heterocycles. The van der Waals surface area contributed by atoms with Crippen LogP contribution in [0.5, 0.6) is 17.2 Å².